The fourth-order valence-electron chi connectivity index (χ4n) is 4.02. The van der Waals surface area contributed by atoms with Crippen LogP contribution in [0.4, 0.5) is 0 Å². The first kappa shape index (κ1) is 15.5. The van der Waals surface area contributed by atoms with E-state index < -0.39 is 5.97 Å². The Morgan fingerprint density at radius 2 is 1.95 bits per heavy atom. The zero-order valence-electron chi connectivity index (χ0n) is 13.3. The van der Waals surface area contributed by atoms with Gasteiger partial charge in [0.25, 0.3) is 0 Å². The maximum atomic E-state index is 10.8. The maximum absolute atomic E-state index is 10.8. The van der Waals surface area contributed by atoms with Crippen LogP contribution < -0.4 is 0 Å². The minimum atomic E-state index is -0.835. The van der Waals surface area contributed by atoms with Crippen LogP contribution in [0.5, 0.6) is 0 Å². The van der Waals surface area contributed by atoms with Crippen molar-refractivity contribution < 1.29 is 9.90 Å². The van der Waals surface area contributed by atoms with E-state index in [1.54, 1.807) is 10.9 Å². The van der Waals surface area contributed by atoms with Crippen molar-refractivity contribution in [3.63, 3.8) is 0 Å². The first-order chi connectivity index (χ1) is 10.7. The molecule has 122 valence electrons. The summed E-state index contributed by atoms with van der Waals surface area (Å²) in [5.74, 6) is -0.370. The Morgan fingerprint density at radius 1 is 1.18 bits per heavy atom. The molecule has 1 saturated heterocycles. The van der Waals surface area contributed by atoms with Gasteiger partial charge in [0.05, 0.1) is 5.69 Å². The van der Waals surface area contributed by atoms with Crippen LogP contribution in [0.1, 0.15) is 63.0 Å². The highest BCUT2D eigenvalue weighted by Crippen LogP contribution is 2.30. The Labute approximate surface area is 132 Å². The molecule has 0 aromatic carbocycles. The van der Waals surface area contributed by atoms with Crippen LogP contribution in [0.15, 0.2) is 12.3 Å². The molecular formula is C17H27N3O2. The minimum Gasteiger partial charge on any atom is -0.480 e. The fourth-order valence-corrected chi connectivity index (χ4v) is 4.02. The Hall–Kier alpha value is -1.36. The number of aromatic nitrogens is 2. The smallest absolute Gasteiger partial charge is 0.325 e. The van der Waals surface area contributed by atoms with Crippen molar-refractivity contribution in [2.45, 2.75) is 69.9 Å². The largest absolute Gasteiger partial charge is 0.480 e. The monoisotopic (exact) mass is 305 g/mol. The van der Waals surface area contributed by atoms with Crippen LogP contribution in [0.2, 0.25) is 0 Å². The normalized spacial score (nSPS) is 25.0. The molecule has 2 aliphatic rings. The Balaban J connectivity index is 1.62. The molecule has 1 atom stereocenters. The summed E-state index contributed by atoms with van der Waals surface area (Å²) in [6.07, 6.45) is 12.4. The van der Waals surface area contributed by atoms with E-state index in [-0.39, 0.29) is 6.54 Å². The van der Waals surface area contributed by atoms with Crippen LogP contribution >= 0.6 is 0 Å². The van der Waals surface area contributed by atoms with Crippen molar-refractivity contribution in [2.75, 3.05) is 13.1 Å². The van der Waals surface area contributed by atoms with E-state index in [9.17, 15) is 4.79 Å². The molecule has 5 heteroatoms. The third-order valence-corrected chi connectivity index (χ3v) is 5.17. The maximum Gasteiger partial charge on any atom is 0.325 e. The summed E-state index contributed by atoms with van der Waals surface area (Å²) in [7, 11) is 0. The van der Waals surface area contributed by atoms with Crippen molar-refractivity contribution in [3.05, 3.63) is 18.0 Å². The summed E-state index contributed by atoms with van der Waals surface area (Å²) in [6, 6.07) is 2.76. The molecule has 0 radical (unpaired) electrons. The lowest BCUT2D eigenvalue weighted by Gasteiger charge is -2.37. The van der Waals surface area contributed by atoms with Gasteiger partial charge in [-0.1, -0.05) is 25.7 Å². The molecule has 0 unspecified atom stereocenters. The second kappa shape index (κ2) is 7.27. The minimum absolute atomic E-state index is 0.0426. The number of carboxylic acid groups (broad SMARTS) is 1. The van der Waals surface area contributed by atoms with Crippen molar-refractivity contribution in [1.82, 2.24) is 14.7 Å². The van der Waals surface area contributed by atoms with Gasteiger partial charge in [0.15, 0.2) is 0 Å². The summed E-state index contributed by atoms with van der Waals surface area (Å²) < 4.78 is 1.54. The number of nitrogens with zero attached hydrogens (tertiary/aromatic N) is 3. The van der Waals surface area contributed by atoms with Gasteiger partial charge in [0.2, 0.25) is 0 Å². The van der Waals surface area contributed by atoms with Crippen LogP contribution in [0.25, 0.3) is 0 Å². The molecule has 5 nitrogen and oxygen atoms in total. The van der Waals surface area contributed by atoms with Crippen LogP contribution in [-0.2, 0) is 11.3 Å². The van der Waals surface area contributed by atoms with Crippen molar-refractivity contribution in [1.29, 1.82) is 0 Å². The van der Waals surface area contributed by atoms with Crippen molar-refractivity contribution >= 4 is 5.97 Å². The van der Waals surface area contributed by atoms with Gasteiger partial charge in [-0.05, 0) is 38.3 Å². The van der Waals surface area contributed by atoms with Gasteiger partial charge in [-0.25, -0.2) is 0 Å². The fraction of sp³-hybridized carbons (Fsp3) is 0.765. The average molecular weight is 305 g/mol. The second-order valence-electron chi connectivity index (χ2n) is 6.81. The third kappa shape index (κ3) is 3.88. The van der Waals surface area contributed by atoms with Gasteiger partial charge >= 0.3 is 5.97 Å². The molecular weight excluding hydrogens is 278 g/mol. The van der Waals surface area contributed by atoms with E-state index in [1.807, 2.05) is 6.07 Å². The highest BCUT2D eigenvalue weighted by Gasteiger charge is 2.28. The summed E-state index contributed by atoms with van der Waals surface area (Å²) >= 11 is 0. The second-order valence-corrected chi connectivity index (χ2v) is 6.81. The van der Waals surface area contributed by atoms with E-state index in [2.05, 4.69) is 10.00 Å². The molecule has 3 rings (SSSR count). The molecule has 1 aromatic rings. The van der Waals surface area contributed by atoms with Crippen LogP contribution in [0, 0.1) is 0 Å². The number of rotatable bonds is 4. The van der Waals surface area contributed by atoms with Crippen molar-refractivity contribution in [2.24, 2.45) is 0 Å². The SMILES string of the molecule is O=C(O)Cn1ccc([C@H]2CCCN(C3CCCCCC3)C2)n1. The van der Waals surface area contributed by atoms with Crippen molar-refractivity contribution in [3.8, 4) is 0 Å². The van der Waals surface area contributed by atoms with E-state index in [1.165, 1.54) is 57.9 Å². The number of hydrogen-bond donors (Lipinski definition) is 1. The van der Waals surface area contributed by atoms with E-state index in [0.29, 0.717) is 5.92 Å². The molecule has 0 amide bonds. The first-order valence-corrected chi connectivity index (χ1v) is 8.71. The van der Waals surface area contributed by atoms with Gasteiger partial charge < -0.3 is 5.11 Å². The molecule has 1 aliphatic heterocycles. The molecule has 0 bridgehead atoms. The van der Waals surface area contributed by atoms with Crippen LogP contribution in [-0.4, -0.2) is 44.9 Å². The number of carbonyl (C=O) groups is 1. The topological polar surface area (TPSA) is 58.4 Å². The standard InChI is InChI=1S/C17H27N3O2/c21-17(22)13-20-11-9-16(18-20)14-6-5-10-19(12-14)15-7-3-1-2-4-8-15/h9,11,14-15H,1-8,10,12-13H2,(H,21,22)/t14-/m0/s1. The van der Waals surface area contributed by atoms with Crippen LogP contribution in [0.3, 0.4) is 0 Å². The molecule has 0 spiro atoms. The van der Waals surface area contributed by atoms with Gasteiger partial charge in [-0.2, -0.15) is 5.10 Å². The molecule has 22 heavy (non-hydrogen) atoms. The van der Waals surface area contributed by atoms with E-state index in [4.69, 9.17) is 5.11 Å². The highest BCUT2D eigenvalue weighted by molar-refractivity contribution is 5.66. The summed E-state index contributed by atoms with van der Waals surface area (Å²) in [6.45, 7) is 2.27. The lowest BCUT2D eigenvalue weighted by molar-refractivity contribution is -0.137. The summed E-state index contributed by atoms with van der Waals surface area (Å²) in [4.78, 5) is 13.5. The predicted molar refractivity (Wildman–Crippen MR) is 84.9 cm³/mol. The quantitative estimate of drug-likeness (QED) is 0.869. The molecule has 1 N–H and O–H groups in total. The zero-order valence-corrected chi connectivity index (χ0v) is 13.3. The summed E-state index contributed by atoms with van der Waals surface area (Å²) in [5.41, 5.74) is 1.07. The van der Waals surface area contributed by atoms with Gasteiger partial charge in [-0.3, -0.25) is 14.4 Å². The lowest BCUT2D eigenvalue weighted by Crippen LogP contribution is -2.41. The predicted octanol–water partition coefficient (Wildman–Crippen LogP) is 2.87. The number of piperidine rings is 1. The lowest BCUT2D eigenvalue weighted by atomic mass is 9.92. The first-order valence-electron chi connectivity index (χ1n) is 8.71. The molecule has 2 fully saturated rings. The molecule has 1 saturated carbocycles. The van der Waals surface area contributed by atoms with E-state index in [0.717, 1.165) is 18.3 Å². The number of hydrogen-bond acceptors (Lipinski definition) is 3. The number of carboxylic acids is 1. The Kier molecular flexibility index (Phi) is 5.13. The van der Waals surface area contributed by atoms with Gasteiger partial charge in [0, 0.05) is 24.7 Å². The van der Waals surface area contributed by atoms with Gasteiger partial charge in [-0.15, -0.1) is 0 Å². The molecule has 2 heterocycles. The zero-order chi connectivity index (χ0) is 15.4. The van der Waals surface area contributed by atoms with E-state index >= 15 is 0 Å². The molecule has 1 aromatic heterocycles. The number of aliphatic carboxylic acids is 1. The number of likely N-dealkylation sites (tertiary alicyclic amines) is 1. The Morgan fingerprint density at radius 3 is 2.68 bits per heavy atom. The average Bonchev–Trinajstić information content (AvgIpc) is 2.80. The van der Waals surface area contributed by atoms with Gasteiger partial charge in [0.1, 0.15) is 6.54 Å². The summed E-state index contributed by atoms with van der Waals surface area (Å²) in [5, 5.41) is 13.3. The third-order valence-electron chi connectivity index (χ3n) is 5.17. The Bertz CT molecular complexity index is 492. The molecule has 1 aliphatic carbocycles. The highest BCUT2D eigenvalue weighted by atomic mass is 16.4.